The van der Waals surface area contributed by atoms with Crippen LogP contribution in [-0.4, -0.2) is 17.7 Å². The fourth-order valence-electron chi connectivity index (χ4n) is 2.82. The van der Waals surface area contributed by atoms with Crippen LogP contribution >= 0.6 is 0 Å². The molecule has 1 fully saturated rings. The number of aliphatic carboxylic acids is 1. The van der Waals surface area contributed by atoms with E-state index in [9.17, 15) is 14.7 Å². The SMILES string of the molecule is C/C(=N/NC(N)=O)[C@@]1(C)CC[C@H](C(=O)[O-])C1(C)C. The van der Waals surface area contributed by atoms with Gasteiger partial charge in [-0.15, -0.1) is 0 Å². The second kappa shape index (κ2) is 4.59. The molecule has 0 aliphatic heterocycles. The molecule has 1 saturated carbocycles. The zero-order valence-electron chi connectivity index (χ0n) is 11.2. The molecule has 0 unspecified atom stereocenters. The summed E-state index contributed by atoms with van der Waals surface area (Å²) < 4.78 is 0. The topological polar surface area (TPSA) is 108 Å². The van der Waals surface area contributed by atoms with E-state index >= 15 is 0 Å². The van der Waals surface area contributed by atoms with Crippen LogP contribution in [0.5, 0.6) is 0 Å². The summed E-state index contributed by atoms with van der Waals surface area (Å²) in [6, 6.07) is -0.731. The summed E-state index contributed by atoms with van der Waals surface area (Å²) in [7, 11) is 0. The van der Waals surface area contributed by atoms with E-state index in [0.29, 0.717) is 18.6 Å². The van der Waals surface area contributed by atoms with Crippen molar-refractivity contribution in [3.63, 3.8) is 0 Å². The van der Waals surface area contributed by atoms with Crippen molar-refractivity contribution in [1.29, 1.82) is 0 Å². The molecular formula is C12H20N3O3-. The number of hydrogen-bond donors (Lipinski definition) is 2. The number of hydrazone groups is 1. The predicted octanol–water partition coefficient (Wildman–Crippen LogP) is 0.223. The van der Waals surface area contributed by atoms with Crippen molar-refractivity contribution in [3.05, 3.63) is 0 Å². The monoisotopic (exact) mass is 254 g/mol. The molecular weight excluding hydrogens is 234 g/mol. The van der Waals surface area contributed by atoms with Gasteiger partial charge in [-0.2, -0.15) is 5.10 Å². The Balaban J connectivity index is 3.04. The van der Waals surface area contributed by atoms with Gasteiger partial charge in [-0.1, -0.05) is 20.8 Å². The minimum atomic E-state index is -1.03. The Bertz CT molecular complexity index is 403. The molecule has 102 valence electrons. The van der Waals surface area contributed by atoms with E-state index in [0.717, 1.165) is 0 Å². The number of amides is 2. The Labute approximate surface area is 107 Å². The van der Waals surface area contributed by atoms with E-state index in [4.69, 9.17) is 5.73 Å². The molecule has 2 amide bonds. The minimum Gasteiger partial charge on any atom is -0.550 e. The predicted molar refractivity (Wildman–Crippen MR) is 65.4 cm³/mol. The average Bonchev–Trinajstić information content (AvgIpc) is 2.47. The number of primary amides is 1. The lowest BCUT2D eigenvalue weighted by molar-refractivity contribution is -0.314. The van der Waals surface area contributed by atoms with Crippen LogP contribution in [0.1, 0.15) is 40.5 Å². The van der Waals surface area contributed by atoms with Crippen LogP contribution in [0.4, 0.5) is 4.79 Å². The van der Waals surface area contributed by atoms with E-state index in [1.165, 1.54) is 0 Å². The summed E-state index contributed by atoms with van der Waals surface area (Å²) in [4.78, 5) is 21.8. The molecule has 6 nitrogen and oxygen atoms in total. The summed E-state index contributed by atoms with van der Waals surface area (Å²) >= 11 is 0. The molecule has 6 heteroatoms. The highest BCUT2D eigenvalue weighted by molar-refractivity contribution is 5.90. The summed E-state index contributed by atoms with van der Waals surface area (Å²) in [6.07, 6.45) is 1.24. The first-order valence-electron chi connectivity index (χ1n) is 5.94. The van der Waals surface area contributed by atoms with E-state index in [-0.39, 0.29) is 0 Å². The lowest BCUT2D eigenvalue weighted by Gasteiger charge is -2.42. The Hall–Kier alpha value is -1.59. The van der Waals surface area contributed by atoms with Crippen LogP contribution in [0.3, 0.4) is 0 Å². The molecule has 1 aliphatic rings. The van der Waals surface area contributed by atoms with Gasteiger partial charge in [0.15, 0.2) is 0 Å². The third-order valence-electron chi connectivity index (χ3n) is 4.64. The number of carbonyl (C=O) groups is 2. The van der Waals surface area contributed by atoms with Crippen LogP contribution < -0.4 is 16.3 Å². The van der Waals surface area contributed by atoms with E-state index in [2.05, 4.69) is 10.5 Å². The summed E-state index contributed by atoms with van der Waals surface area (Å²) in [6.45, 7) is 7.51. The smallest absolute Gasteiger partial charge is 0.332 e. The Kier molecular flexibility index (Phi) is 3.69. The lowest BCUT2D eigenvalue weighted by atomic mass is 9.63. The third kappa shape index (κ3) is 2.19. The van der Waals surface area contributed by atoms with Crippen molar-refractivity contribution in [2.75, 3.05) is 0 Å². The van der Waals surface area contributed by atoms with Gasteiger partial charge in [0, 0.05) is 23.0 Å². The number of hydrogen-bond acceptors (Lipinski definition) is 4. The first-order chi connectivity index (χ1) is 8.13. The minimum absolute atomic E-state index is 0.403. The molecule has 0 radical (unpaired) electrons. The highest BCUT2D eigenvalue weighted by Crippen LogP contribution is 2.56. The molecule has 0 aromatic heterocycles. The molecule has 0 spiro atoms. The number of carboxylic acid groups (broad SMARTS) is 1. The second-order valence-electron chi connectivity index (χ2n) is 5.64. The van der Waals surface area contributed by atoms with Crippen LogP contribution in [0.15, 0.2) is 5.10 Å². The molecule has 0 aromatic carbocycles. The third-order valence-corrected chi connectivity index (χ3v) is 4.64. The van der Waals surface area contributed by atoms with Crippen LogP contribution in [0.25, 0.3) is 0 Å². The van der Waals surface area contributed by atoms with Gasteiger partial charge < -0.3 is 15.6 Å². The van der Waals surface area contributed by atoms with Crippen molar-refractivity contribution in [3.8, 4) is 0 Å². The molecule has 0 heterocycles. The Morgan fingerprint density at radius 1 is 1.39 bits per heavy atom. The van der Waals surface area contributed by atoms with Gasteiger partial charge in [-0.3, -0.25) is 0 Å². The highest BCUT2D eigenvalue weighted by atomic mass is 16.4. The number of nitrogens with zero attached hydrogens (tertiary/aromatic N) is 1. The van der Waals surface area contributed by atoms with Gasteiger partial charge in [0.1, 0.15) is 0 Å². The van der Waals surface area contributed by atoms with E-state index in [1.54, 1.807) is 6.92 Å². The standard InChI is InChI=1S/C12H21N3O3/c1-7(14-15-10(13)18)12(4)6-5-8(9(16)17)11(12,2)3/h8H,5-6H2,1-4H3,(H,16,17)(H3,13,15,18)/p-1/b14-7-/t8-,12-/m1/s1. The maximum Gasteiger partial charge on any atom is 0.332 e. The highest BCUT2D eigenvalue weighted by Gasteiger charge is 2.53. The van der Waals surface area contributed by atoms with Crippen molar-refractivity contribution in [2.45, 2.75) is 40.5 Å². The maximum absolute atomic E-state index is 11.2. The van der Waals surface area contributed by atoms with Crippen molar-refractivity contribution in [2.24, 2.45) is 27.6 Å². The first kappa shape index (κ1) is 14.5. The number of nitrogens with two attached hydrogens (primary N) is 1. The number of rotatable bonds is 3. The van der Waals surface area contributed by atoms with Gasteiger partial charge in [0.05, 0.1) is 0 Å². The molecule has 0 aromatic rings. The molecule has 2 atom stereocenters. The number of urea groups is 1. The maximum atomic E-state index is 11.2. The van der Waals surface area contributed by atoms with E-state index in [1.807, 2.05) is 20.8 Å². The molecule has 3 N–H and O–H groups in total. The van der Waals surface area contributed by atoms with Gasteiger partial charge in [-0.25, -0.2) is 10.2 Å². The van der Waals surface area contributed by atoms with Gasteiger partial charge >= 0.3 is 6.03 Å². The zero-order valence-corrected chi connectivity index (χ0v) is 11.2. The van der Waals surface area contributed by atoms with Crippen LogP contribution in [0, 0.1) is 16.7 Å². The molecule has 0 bridgehead atoms. The van der Waals surface area contributed by atoms with Crippen LogP contribution in [-0.2, 0) is 4.79 Å². The molecule has 0 saturated heterocycles. The van der Waals surface area contributed by atoms with E-state index < -0.39 is 28.7 Å². The van der Waals surface area contributed by atoms with Crippen LogP contribution in [0.2, 0.25) is 0 Å². The fraction of sp³-hybridized carbons (Fsp3) is 0.750. The largest absolute Gasteiger partial charge is 0.550 e. The second-order valence-corrected chi connectivity index (χ2v) is 5.64. The summed E-state index contributed by atoms with van der Waals surface area (Å²) in [5.74, 6) is -1.54. The average molecular weight is 254 g/mol. The van der Waals surface area contributed by atoms with Gasteiger partial charge in [0.25, 0.3) is 0 Å². The number of carboxylic acids is 1. The van der Waals surface area contributed by atoms with Gasteiger partial charge in [0.2, 0.25) is 0 Å². The van der Waals surface area contributed by atoms with Crippen molar-refractivity contribution in [1.82, 2.24) is 5.43 Å². The molecule has 18 heavy (non-hydrogen) atoms. The number of carbonyl (C=O) groups excluding carboxylic acids is 2. The molecule has 1 aliphatic carbocycles. The van der Waals surface area contributed by atoms with Crippen molar-refractivity contribution < 1.29 is 14.7 Å². The van der Waals surface area contributed by atoms with Crippen molar-refractivity contribution >= 4 is 17.7 Å². The summed E-state index contributed by atoms with van der Waals surface area (Å²) in [5.41, 5.74) is 6.94. The summed E-state index contributed by atoms with van der Waals surface area (Å²) in [5, 5.41) is 15.1. The first-order valence-corrected chi connectivity index (χ1v) is 5.94. The quantitative estimate of drug-likeness (QED) is 0.555. The molecule has 1 rings (SSSR count). The Morgan fingerprint density at radius 2 is 1.94 bits per heavy atom. The Morgan fingerprint density at radius 3 is 2.33 bits per heavy atom. The number of nitrogens with one attached hydrogen (secondary N) is 1. The fourth-order valence-corrected chi connectivity index (χ4v) is 2.82. The lowest BCUT2D eigenvalue weighted by Crippen LogP contribution is -2.46. The normalized spacial score (nSPS) is 31.1. The van der Waals surface area contributed by atoms with Gasteiger partial charge in [-0.05, 0) is 25.2 Å². The zero-order chi connectivity index (χ0) is 14.1.